The van der Waals surface area contributed by atoms with Crippen LogP contribution in [-0.4, -0.2) is 19.3 Å². The van der Waals surface area contributed by atoms with Crippen molar-refractivity contribution in [3.63, 3.8) is 0 Å². The third kappa shape index (κ3) is 4.59. The predicted octanol–water partition coefficient (Wildman–Crippen LogP) is 7.48. The molecule has 33 heavy (non-hydrogen) atoms. The Kier molecular flexibility index (Phi) is 6.96. The monoisotopic (exact) mass is 456 g/mol. The van der Waals surface area contributed by atoms with Crippen LogP contribution in [0.15, 0.2) is 55.1 Å². The first-order chi connectivity index (χ1) is 15.9. The summed E-state index contributed by atoms with van der Waals surface area (Å²) < 4.78 is 70.9. The summed E-state index contributed by atoms with van der Waals surface area (Å²) in [6.07, 6.45) is 2.09. The Morgan fingerprint density at radius 1 is 0.848 bits per heavy atom. The molecule has 2 unspecified atom stereocenters. The lowest BCUT2D eigenvalue weighted by molar-refractivity contribution is -0.0850. The van der Waals surface area contributed by atoms with Crippen LogP contribution >= 0.6 is 0 Å². The van der Waals surface area contributed by atoms with Crippen molar-refractivity contribution in [2.75, 3.05) is 13.2 Å². The molecule has 4 rings (SSSR count). The van der Waals surface area contributed by atoms with Gasteiger partial charge in [0, 0.05) is 28.9 Å². The number of hydrogen-bond acceptors (Lipinski definition) is 2. The second-order valence-electron chi connectivity index (χ2n) is 7.92. The normalized spacial score (nSPS) is 18.3. The standard InChI is InChI=1S/C27H24F4O2/c1-3-16-5-7-17(8-6-16)19-10-11-20(25(29)24(19)28)21-12-13-22(27(31)26(21)30)23-14-9-18(15-33-23)32-4-2/h3,5-8,10-13,18,23H,1,4,9,14-15H2,2H3. The van der Waals surface area contributed by atoms with Crippen LogP contribution < -0.4 is 0 Å². The number of hydrogen-bond donors (Lipinski definition) is 0. The molecule has 1 aliphatic heterocycles. The van der Waals surface area contributed by atoms with Gasteiger partial charge in [-0.15, -0.1) is 0 Å². The molecule has 3 aromatic rings. The van der Waals surface area contributed by atoms with Crippen molar-refractivity contribution in [3.8, 4) is 22.3 Å². The fraction of sp³-hybridized carbons (Fsp3) is 0.259. The van der Waals surface area contributed by atoms with E-state index >= 15 is 0 Å². The Bertz CT molecular complexity index is 1150. The molecular weight excluding hydrogens is 432 g/mol. The second-order valence-corrected chi connectivity index (χ2v) is 7.92. The second kappa shape index (κ2) is 9.89. The molecule has 0 aliphatic carbocycles. The highest BCUT2D eigenvalue weighted by Crippen LogP contribution is 2.37. The van der Waals surface area contributed by atoms with Gasteiger partial charge in [-0.25, -0.2) is 17.6 Å². The molecule has 3 aromatic carbocycles. The van der Waals surface area contributed by atoms with Gasteiger partial charge in [-0.3, -0.25) is 0 Å². The molecule has 2 atom stereocenters. The highest BCUT2D eigenvalue weighted by molar-refractivity contribution is 5.73. The van der Waals surface area contributed by atoms with Crippen LogP contribution in [0.5, 0.6) is 0 Å². The Morgan fingerprint density at radius 3 is 2.06 bits per heavy atom. The van der Waals surface area contributed by atoms with Gasteiger partial charge in [0.2, 0.25) is 0 Å². The van der Waals surface area contributed by atoms with Crippen molar-refractivity contribution in [1.29, 1.82) is 0 Å². The lowest BCUT2D eigenvalue weighted by atomic mass is 9.94. The minimum Gasteiger partial charge on any atom is -0.376 e. The van der Waals surface area contributed by atoms with Crippen molar-refractivity contribution >= 4 is 6.08 Å². The molecule has 0 spiro atoms. The maximum Gasteiger partial charge on any atom is 0.167 e. The van der Waals surface area contributed by atoms with Crippen molar-refractivity contribution in [1.82, 2.24) is 0 Å². The van der Waals surface area contributed by atoms with Gasteiger partial charge in [-0.1, -0.05) is 61.2 Å². The summed E-state index contributed by atoms with van der Waals surface area (Å²) in [5.41, 5.74) is 0.705. The molecule has 1 heterocycles. The van der Waals surface area contributed by atoms with E-state index in [0.717, 1.165) is 5.56 Å². The zero-order valence-corrected chi connectivity index (χ0v) is 18.2. The van der Waals surface area contributed by atoms with Crippen LogP contribution in [0.4, 0.5) is 17.6 Å². The Labute approximate surface area is 190 Å². The molecule has 0 saturated carbocycles. The largest absolute Gasteiger partial charge is 0.376 e. The minimum atomic E-state index is -1.24. The van der Waals surface area contributed by atoms with E-state index in [1.54, 1.807) is 30.3 Å². The van der Waals surface area contributed by atoms with Gasteiger partial charge in [0.05, 0.1) is 18.8 Å². The zero-order valence-electron chi connectivity index (χ0n) is 18.2. The Hall–Kier alpha value is -2.96. The van der Waals surface area contributed by atoms with E-state index in [0.29, 0.717) is 25.0 Å². The fourth-order valence-electron chi connectivity index (χ4n) is 4.14. The molecule has 2 nitrogen and oxygen atoms in total. The predicted molar refractivity (Wildman–Crippen MR) is 121 cm³/mol. The lowest BCUT2D eigenvalue weighted by Gasteiger charge is -2.29. The van der Waals surface area contributed by atoms with Crippen LogP contribution in [0.2, 0.25) is 0 Å². The van der Waals surface area contributed by atoms with Gasteiger partial charge in [0.1, 0.15) is 0 Å². The van der Waals surface area contributed by atoms with Gasteiger partial charge in [-0.2, -0.15) is 0 Å². The van der Waals surface area contributed by atoms with Crippen LogP contribution in [-0.2, 0) is 9.47 Å². The van der Waals surface area contributed by atoms with Crippen molar-refractivity contribution < 1.29 is 27.0 Å². The lowest BCUT2D eigenvalue weighted by Crippen LogP contribution is -2.28. The van der Waals surface area contributed by atoms with E-state index in [9.17, 15) is 17.6 Å². The molecule has 0 bridgehead atoms. The highest BCUT2D eigenvalue weighted by Gasteiger charge is 2.28. The maximum absolute atomic E-state index is 15.0. The number of halogens is 4. The van der Waals surface area contributed by atoms with Crippen LogP contribution in [0.3, 0.4) is 0 Å². The summed E-state index contributed by atoms with van der Waals surface area (Å²) in [6, 6.07) is 12.0. The molecule has 0 aromatic heterocycles. The third-order valence-corrected chi connectivity index (χ3v) is 5.93. The molecular formula is C27H24F4O2. The van der Waals surface area contributed by atoms with E-state index in [4.69, 9.17) is 9.47 Å². The topological polar surface area (TPSA) is 18.5 Å². The fourth-order valence-corrected chi connectivity index (χ4v) is 4.14. The molecule has 1 fully saturated rings. The average Bonchev–Trinajstić information content (AvgIpc) is 2.84. The third-order valence-electron chi connectivity index (χ3n) is 5.93. The smallest absolute Gasteiger partial charge is 0.167 e. The van der Waals surface area contributed by atoms with E-state index in [2.05, 4.69) is 6.58 Å². The van der Waals surface area contributed by atoms with E-state index in [-0.39, 0.29) is 35.0 Å². The van der Waals surface area contributed by atoms with Gasteiger partial charge in [-0.05, 0) is 30.9 Å². The summed E-state index contributed by atoms with van der Waals surface area (Å²) >= 11 is 0. The Balaban J connectivity index is 1.63. The molecule has 0 amide bonds. The molecule has 1 saturated heterocycles. The molecule has 172 valence electrons. The zero-order chi connectivity index (χ0) is 23.5. The Morgan fingerprint density at radius 2 is 1.45 bits per heavy atom. The first-order valence-electron chi connectivity index (χ1n) is 10.9. The summed E-state index contributed by atoms with van der Waals surface area (Å²) in [5.74, 6) is -4.71. The van der Waals surface area contributed by atoms with Crippen molar-refractivity contribution in [2.45, 2.75) is 32.0 Å². The molecule has 0 N–H and O–H groups in total. The summed E-state index contributed by atoms with van der Waals surface area (Å²) in [6.45, 7) is 6.38. The average molecular weight is 456 g/mol. The summed E-state index contributed by atoms with van der Waals surface area (Å²) in [7, 11) is 0. The van der Waals surface area contributed by atoms with Gasteiger partial charge < -0.3 is 9.47 Å². The minimum absolute atomic E-state index is 0.0313. The SMILES string of the molecule is C=Cc1ccc(-c2ccc(-c3ccc(C4CCC(OCC)CO4)c(F)c3F)c(F)c2F)cc1. The summed E-state index contributed by atoms with van der Waals surface area (Å²) in [5, 5.41) is 0. The first-order valence-corrected chi connectivity index (χ1v) is 10.9. The number of benzene rings is 3. The molecule has 0 radical (unpaired) electrons. The molecule has 6 heteroatoms. The maximum atomic E-state index is 15.0. The first kappa shape index (κ1) is 23.2. The van der Waals surface area contributed by atoms with E-state index in [1.165, 1.54) is 24.3 Å². The van der Waals surface area contributed by atoms with E-state index < -0.39 is 29.4 Å². The van der Waals surface area contributed by atoms with Crippen LogP contribution in [0.25, 0.3) is 28.3 Å². The van der Waals surface area contributed by atoms with Crippen molar-refractivity contribution in [2.24, 2.45) is 0 Å². The van der Waals surface area contributed by atoms with Gasteiger partial charge in [0.15, 0.2) is 23.3 Å². The summed E-state index contributed by atoms with van der Waals surface area (Å²) in [4.78, 5) is 0. The van der Waals surface area contributed by atoms with Crippen molar-refractivity contribution in [3.05, 3.63) is 89.5 Å². The van der Waals surface area contributed by atoms with Crippen LogP contribution in [0, 0.1) is 23.3 Å². The van der Waals surface area contributed by atoms with Gasteiger partial charge >= 0.3 is 0 Å². The molecule has 1 aliphatic rings. The van der Waals surface area contributed by atoms with Crippen LogP contribution in [0.1, 0.15) is 37.0 Å². The number of ether oxygens (including phenoxy) is 2. The quantitative estimate of drug-likeness (QED) is 0.358. The van der Waals surface area contributed by atoms with Gasteiger partial charge in [0.25, 0.3) is 0 Å². The number of rotatable bonds is 6. The van der Waals surface area contributed by atoms with E-state index in [1.807, 2.05) is 6.92 Å². The highest BCUT2D eigenvalue weighted by atomic mass is 19.2.